The number of hydrogen-bond donors (Lipinski definition) is 1. The standard InChI is InChI=1S/C12H15F2NO/c1-8-2-3-10(13)12(11(8)14)16-9-4-6-15-7-5-9/h2-3,9,15H,4-7H2,1H3. The minimum absolute atomic E-state index is 0.0907. The Morgan fingerprint density at radius 1 is 1.25 bits per heavy atom. The van der Waals surface area contributed by atoms with Crippen LogP contribution in [0, 0.1) is 18.6 Å². The van der Waals surface area contributed by atoms with Crippen molar-refractivity contribution in [3.05, 3.63) is 29.3 Å². The summed E-state index contributed by atoms with van der Waals surface area (Å²) in [6, 6.07) is 2.66. The Morgan fingerprint density at radius 2 is 1.94 bits per heavy atom. The predicted molar refractivity (Wildman–Crippen MR) is 57.6 cm³/mol. The summed E-state index contributed by atoms with van der Waals surface area (Å²) in [5.41, 5.74) is 0.408. The molecular weight excluding hydrogens is 212 g/mol. The molecule has 1 aromatic carbocycles. The number of benzene rings is 1. The zero-order valence-electron chi connectivity index (χ0n) is 9.22. The van der Waals surface area contributed by atoms with Gasteiger partial charge in [-0.2, -0.15) is 0 Å². The largest absolute Gasteiger partial charge is 0.484 e. The van der Waals surface area contributed by atoms with E-state index in [1.165, 1.54) is 12.1 Å². The Hall–Kier alpha value is -1.16. The second-order valence-electron chi connectivity index (χ2n) is 4.07. The summed E-state index contributed by atoms with van der Waals surface area (Å²) >= 11 is 0. The maximum Gasteiger partial charge on any atom is 0.191 e. The third-order valence-electron chi connectivity index (χ3n) is 2.81. The molecule has 0 unspecified atom stereocenters. The van der Waals surface area contributed by atoms with Gasteiger partial charge in [-0.1, -0.05) is 6.07 Å². The van der Waals surface area contributed by atoms with Gasteiger partial charge >= 0.3 is 0 Å². The molecule has 2 nitrogen and oxygen atoms in total. The van der Waals surface area contributed by atoms with Crippen LogP contribution in [0.3, 0.4) is 0 Å². The minimum atomic E-state index is -0.623. The second kappa shape index (κ2) is 4.78. The third-order valence-corrected chi connectivity index (χ3v) is 2.81. The lowest BCUT2D eigenvalue weighted by atomic mass is 10.1. The van der Waals surface area contributed by atoms with Crippen LogP contribution in [0.25, 0.3) is 0 Å². The van der Waals surface area contributed by atoms with Gasteiger partial charge in [-0.3, -0.25) is 0 Å². The van der Waals surface area contributed by atoms with Crippen molar-refractivity contribution in [1.82, 2.24) is 5.32 Å². The van der Waals surface area contributed by atoms with Gasteiger partial charge in [0.25, 0.3) is 0 Å². The van der Waals surface area contributed by atoms with Crippen molar-refractivity contribution in [3.8, 4) is 5.75 Å². The molecule has 4 heteroatoms. The lowest BCUT2D eigenvalue weighted by molar-refractivity contribution is 0.148. The number of piperidine rings is 1. The third kappa shape index (κ3) is 2.32. The molecule has 0 amide bonds. The molecule has 16 heavy (non-hydrogen) atoms. The van der Waals surface area contributed by atoms with E-state index in [0.29, 0.717) is 5.56 Å². The Morgan fingerprint density at radius 3 is 2.62 bits per heavy atom. The predicted octanol–water partition coefficient (Wildman–Crippen LogP) is 2.40. The molecule has 0 aromatic heterocycles. The van der Waals surface area contributed by atoms with Crippen LogP contribution in [0.5, 0.6) is 5.75 Å². The van der Waals surface area contributed by atoms with E-state index in [1.807, 2.05) is 0 Å². The molecule has 0 spiro atoms. The summed E-state index contributed by atoms with van der Waals surface area (Å²) in [5.74, 6) is -1.44. The minimum Gasteiger partial charge on any atom is -0.484 e. The highest BCUT2D eigenvalue weighted by molar-refractivity contribution is 5.32. The molecule has 1 fully saturated rings. The maximum atomic E-state index is 13.6. The molecule has 0 bridgehead atoms. The van der Waals surface area contributed by atoms with Crippen LogP contribution in [-0.4, -0.2) is 19.2 Å². The Labute approximate surface area is 93.6 Å². The van der Waals surface area contributed by atoms with Gasteiger partial charge in [-0.15, -0.1) is 0 Å². The first kappa shape index (κ1) is 11.3. The maximum absolute atomic E-state index is 13.6. The van der Waals surface area contributed by atoms with Gasteiger partial charge < -0.3 is 10.1 Å². The fraction of sp³-hybridized carbons (Fsp3) is 0.500. The molecule has 0 saturated carbocycles. The first-order valence-electron chi connectivity index (χ1n) is 5.50. The number of aryl methyl sites for hydroxylation is 1. The SMILES string of the molecule is Cc1ccc(F)c(OC2CCNCC2)c1F. The van der Waals surface area contributed by atoms with Crippen LogP contribution in [0.4, 0.5) is 8.78 Å². The van der Waals surface area contributed by atoms with E-state index < -0.39 is 11.6 Å². The molecular formula is C12H15F2NO. The van der Waals surface area contributed by atoms with Crippen LogP contribution >= 0.6 is 0 Å². The van der Waals surface area contributed by atoms with Crippen molar-refractivity contribution in [1.29, 1.82) is 0 Å². The van der Waals surface area contributed by atoms with Crippen LogP contribution in [0.1, 0.15) is 18.4 Å². The van der Waals surface area contributed by atoms with Crippen LogP contribution in [0.2, 0.25) is 0 Å². The molecule has 1 N–H and O–H groups in total. The van der Waals surface area contributed by atoms with Gasteiger partial charge in [0.1, 0.15) is 6.10 Å². The smallest absolute Gasteiger partial charge is 0.191 e. The van der Waals surface area contributed by atoms with Crippen molar-refractivity contribution in [2.24, 2.45) is 0 Å². The molecule has 88 valence electrons. The Balaban J connectivity index is 2.16. The van der Waals surface area contributed by atoms with Crippen molar-refractivity contribution < 1.29 is 13.5 Å². The van der Waals surface area contributed by atoms with Gasteiger partial charge in [-0.25, -0.2) is 8.78 Å². The van der Waals surface area contributed by atoms with Crippen molar-refractivity contribution in [3.63, 3.8) is 0 Å². The van der Waals surface area contributed by atoms with Crippen molar-refractivity contribution >= 4 is 0 Å². The molecule has 0 radical (unpaired) electrons. The number of halogens is 2. The first-order chi connectivity index (χ1) is 7.68. The fourth-order valence-electron chi connectivity index (χ4n) is 1.82. The molecule has 2 rings (SSSR count). The second-order valence-corrected chi connectivity index (χ2v) is 4.07. The average molecular weight is 227 g/mol. The highest BCUT2D eigenvalue weighted by Gasteiger charge is 2.19. The molecule has 1 heterocycles. The van der Waals surface area contributed by atoms with Gasteiger partial charge in [0, 0.05) is 0 Å². The highest BCUT2D eigenvalue weighted by Crippen LogP contribution is 2.26. The molecule has 1 saturated heterocycles. The number of ether oxygens (including phenoxy) is 1. The summed E-state index contributed by atoms with van der Waals surface area (Å²) in [4.78, 5) is 0. The number of rotatable bonds is 2. The summed E-state index contributed by atoms with van der Waals surface area (Å²) < 4.78 is 32.4. The van der Waals surface area contributed by atoms with E-state index in [2.05, 4.69) is 5.32 Å². The fourth-order valence-corrected chi connectivity index (χ4v) is 1.82. The first-order valence-corrected chi connectivity index (χ1v) is 5.50. The topological polar surface area (TPSA) is 21.3 Å². The van der Waals surface area contributed by atoms with Crippen molar-refractivity contribution in [2.75, 3.05) is 13.1 Å². The van der Waals surface area contributed by atoms with E-state index in [4.69, 9.17) is 4.74 Å². The summed E-state index contributed by atoms with van der Waals surface area (Å²) in [7, 11) is 0. The molecule has 0 atom stereocenters. The molecule has 1 aliphatic rings. The zero-order chi connectivity index (χ0) is 11.5. The van der Waals surface area contributed by atoms with Gasteiger partial charge in [-0.05, 0) is 44.5 Å². The lowest BCUT2D eigenvalue weighted by Gasteiger charge is -2.24. The lowest BCUT2D eigenvalue weighted by Crippen LogP contribution is -2.34. The molecule has 1 aromatic rings. The van der Waals surface area contributed by atoms with E-state index in [0.717, 1.165) is 25.9 Å². The van der Waals surface area contributed by atoms with Crippen LogP contribution in [-0.2, 0) is 0 Å². The number of nitrogens with one attached hydrogen (secondary N) is 1. The van der Waals surface area contributed by atoms with E-state index in [9.17, 15) is 8.78 Å². The zero-order valence-corrected chi connectivity index (χ0v) is 9.22. The summed E-state index contributed by atoms with van der Waals surface area (Å²) in [5, 5.41) is 3.17. The molecule has 1 aliphatic heterocycles. The van der Waals surface area contributed by atoms with Crippen molar-refractivity contribution in [2.45, 2.75) is 25.9 Å². The average Bonchev–Trinajstić information content (AvgIpc) is 2.31. The monoisotopic (exact) mass is 227 g/mol. The van der Waals surface area contributed by atoms with E-state index in [1.54, 1.807) is 6.92 Å². The quantitative estimate of drug-likeness (QED) is 0.837. The number of hydrogen-bond acceptors (Lipinski definition) is 2. The van der Waals surface area contributed by atoms with E-state index >= 15 is 0 Å². The Kier molecular flexibility index (Phi) is 3.39. The Bertz CT molecular complexity index is 376. The summed E-state index contributed by atoms with van der Waals surface area (Å²) in [6.45, 7) is 3.27. The van der Waals surface area contributed by atoms with Gasteiger partial charge in [0.15, 0.2) is 17.4 Å². The van der Waals surface area contributed by atoms with Crippen LogP contribution in [0.15, 0.2) is 12.1 Å². The van der Waals surface area contributed by atoms with Gasteiger partial charge in [0.2, 0.25) is 0 Å². The summed E-state index contributed by atoms with van der Waals surface area (Å²) in [6.07, 6.45) is 1.48. The highest BCUT2D eigenvalue weighted by atomic mass is 19.1. The normalized spacial score (nSPS) is 17.4. The van der Waals surface area contributed by atoms with Gasteiger partial charge in [0.05, 0.1) is 0 Å². The molecule has 0 aliphatic carbocycles. The van der Waals surface area contributed by atoms with E-state index in [-0.39, 0.29) is 11.9 Å². The van der Waals surface area contributed by atoms with Crippen LogP contribution < -0.4 is 10.1 Å².